The first-order valence-corrected chi connectivity index (χ1v) is 5.23. The van der Waals surface area contributed by atoms with Gasteiger partial charge in [0, 0.05) is 13.1 Å². The molecular weight excluding hydrogens is 243 g/mol. The standard InChI is InChI=1S/C7H15NOS.CH3NOS.Na.H/c1-3-5-8(6-4-2)7(9)10;2-1(3)4;;/h3-6H2,1-2H3,(H,9,10);(H3,2,3,4);;. The van der Waals surface area contributed by atoms with E-state index in [2.05, 4.69) is 44.0 Å². The van der Waals surface area contributed by atoms with Gasteiger partial charge in [0.05, 0.1) is 0 Å². The molecule has 15 heavy (non-hydrogen) atoms. The molecule has 0 aliphatic rings. The molecule has 0 aromatic carbocycles. The molecule has 0 saturated heterocycles. The Bertz CT molecular complexity index is 172. The van der Waals surface area contributed by atoms with Gasteiger partial charge < -0.3 is 20.8 Å². The van der Waals surface area contributed by atoms with Crippen molar-refractivity contribution >= 4 is 64.3 Å². The molecule has 0 rings (SSSR count). The molecular formula is C8H19N2NaO2S2. The van der Waals surface area contributed by atoms with Crippen LogP contribution in [0.4, 0.5) is 0 Å². The van der Waals surface area contributed by atoms with Crippen molar-refractivity contribution in [3.05, 3.63) is 0 Å². The average molecular weight is 262 g/mol. The third kappa shape index (κ3) is 20.5. The second-order valence-electron chi connectivity index (χ2n) is 2.61. The van der Waals surface area contributed by atoms with Crippen LogP contribution in [0.25, 0.3) is 0 Å². The predicted molar refractivity (Wildman–Crippen MR) is 73.9 cm³/mol. The molecule has 86 valence electrons. The van der Waals surface area contributed by atoms with Gasteiger partial charge in [-0.2, -0.15) is 0 Å². The summed E-state index contributed by atoms with van der Waals surface area (Å²) < 4.78 is 0. The van der Waals surface area contributed by atoms with Gasteiger partial charge in [-0.25, -0.2) is 0 Å². The normalized spacial score (nSPS) is 7.87. The Morgan fingerprint density at radius 1 is 1.13 bits per heavy atom. The predicted octanol–water partition coefficient (Wildman–Crippen LogP) is 1.09. The second-order valence-corrected chi connectivity index (χ2v) is 3.39. The van der Waals surface area contributed by atoms with Crippen LogP contribution in [-0.2, 0) is 0 Å². The molecule has 0 aromatic rings. The van der Waals surface area contributed by atoms with E-state index in [1.54, 1.807) is 0 Å². The van der Waals surface area contributed by atoms with Crippen molar-refractivity contribution in [3.8, 4) is 0 Å². The number of aliphatic hydroxyl groups is 2. The van der Waals surface area contributed by atoms with Crippen molar-refractivity contribution in [3.63, 3.8) is 0 Å². The molecule has 7 heteroatoms. The van der Waals surface area contributed by atoms with Gasteiger partial charge in [0.15, 0.2) is 0 Å². The first kappa shape index (κ1) is 20.8. The van der Waals surface area contributed by atoms with Crippen LogP contribution in [0.2, 0.25) is 0 Å². The zero-order valence-corrected chi connectivity index (χ0v) is 10.2. The molecule has 4 nitrogen and oxygen atoms in total. The Kier molecular flexibility index (Phi) is 19.9. The second kappa shape index (κ2) is 14.4. The Hall–Kier alpha value is 0.380. The van der Waals surface area contributed by atoms with Gasteiger partial charge in [0.1, 0.15) is 0 Å². The van der Waals surface area contributed by atoms with Gasteiger partial charge in [-0.1, -0.05) is 13.8 Å². The summed E-state index contributed by atoms with van der Waals surface area (Å²) in [6.45, 7) is 5.87. The summed E-state index contributed by atoms with van der Waals surface area (Å²) in [6.07, 6.45) is 2.06. The van der Waals surface area contributed by atoms with Crippen molar-refractivity contribution < 1.29 is 10.2 Å². The van der Waals surface area contributed by atoms with Crippen LogP contribution in [0.1, 0.15) is 26.7 Å². The molecule has 4 N–H and O–H groups in total. The molecule has 0 aromatic heterocycles. The van der Waals surface area contributed by atoms with Crippen molar-refractivity contribution in [2.24, 2.45) is 5.73 Å². The quantitative estimate of drug-likeness (QED) is 0.520. The van der Waals surface area contributed by atoms with Gasteiger partial charge >= 0.3 is 29.6 Å². The molecule has 0 aliphatic carbocycles. The third-order valence-corrected chi connectivity index (χ3v) is 1.52. The average Bonchev–Trinajstić information content (AvgIpc) is 2.02. The first-order chi connectivity index (χ1) is 6.45. The zero-order chi connectivity index (χ0) is 11.6. The van der Waals surface area contributed by atoms with E-state index >= 15 is 0 Å². The fraction of sp³-hybridized carbons (Fsp3) is 0.750. The maximum absolute atomic E-state index is 8.93. The minimum atomic E-state index is -0.500. The van der Waals surface area contributed by atoms with Crippen LogP contribution in [0.3, 0.4) is 0 Å². The fourth-order valence-electron chi connectivity index (χ4n) is 0.843. The summed E-state index contributed by atoms with van der Waals surface area (Å²) in [5.74, 6) is 0. The van der Waals surface area contributed by atoms with Crippen molar-refractivity contribution in [1.82, 2.24) is 4.90 Å². The van der Waals surface area contributed by atoms with Gasteiger partial charge in [-0.3, -0.25) is 0 Å². The first-order valence-electron chi connectivity index (χ1n) is 4.41. The van der Waals surface area contributed by atoms with Crippen molar-refractivity contribution in [2.45, 2.75) is 26.7 Å². The van der Waals surface area contributed by atoms with Gasteiger partial charge in [0.2, 0.25) is 0 Å². The third-order valence-electron chi connectivity index (χ3n) is 1.26. The Balaban J connectivity index is -0.000000249. The summed E-state index contributed by atoms with van der Waals surface area (Å²) in [4.78, 5) is 1.81. The molecule has 0 bridgehead atoms. The van der Waals surface area contributed by atoms with Crippen LogP contribution in [0.15, 0.2) is 0 Å². The van der Waals surface area contributed by atoms with E-state index < -0.39 is 5.17 Å². The summed E-state index contributed by atoms with van der Waals surface area (Å²) in [5.41, 5.74) is 4.40. The van der Waals surface area contributed by atoms with Crippen molar-refractivity contribution in [1.29, 1.82) is 0 Å². The number of hydrogen-bond acceptors (Lipinski definition) is 2. The van der Waals surface area contributed by atoms with Crippen LogP contribution in [0, 0.1) is 0 Å². The summed E-state index contributed by atoms with van der Waals surface area (Å²) >= 11 is 8.50. The van der Waals surface area contributed by atoms with E-state index in [0.717, 1.165) is 25.9 Å². The molecule has 0 atom stereocenters. The van der Waals surface area contributed by atoms with E-state index in [-0.39, 0.29) is 34.7 Å². The number of thiocarbonyl (C=S) groups is 2. The summed E-state index contributed by atoms with van der Waals surface area (Å²) in [6, 6.07) is 0. The molecule has 0 amide bonds. The number of nitrogens with two attached hydrogens (primary N) is 1. The molecule has 0 heterocycles. The molecule has 0 spiro atoms. The molecule has 0 radical (unpaired) electrons. The van der Waals surface area contributed by atoms with E-state index in [1.807, 2.05) is 4.90 Å². The summed E-state index contributed by atoms with van der Waals surface area (Å²) in [7, 11) is 0. The van der Waals surface area contributed by atoms with Crippen LogP contribution in [0.5, 0.6) is 0 Å². The number of aliphatic hydroxyl groups excluding tert-OH is 2. The Morgan fingerprint density at radius 3 is 1.53 bits per heavy atom. The fourth-order valence-corrected chi connectivity index (χ4v) is 1.03. The SMILES string of the molecule is CCCN(CCC)C(O)=S.NC(O)=S.[NaH]. The molecule has 0 unspecified atom stereocenters. The Labute approximate surface area is 124 Å². The van der Waals surface area contributed by atoms with E-state index in [1.165, 1.54) is 0 Å². The zero-order valence-electron chi connectivity index (χ0n) is 8.56. The summed E-state index contributed by atoms with van der Waals surface area (Å²) in [5, 5.41) is 16.0. The monoisotopic (exact) mass is 262 g/mol. The Morgan fingerprint density at radius 2 is 1.40 bits per heavy atom. The van der Waals surface area contributed by atoms with Gasteiger partial charge in [0.25, 0.3) is 10.3 Å². The van der Waals surface area contributed by atoms with Gasteiger partial charge in [-0.05, 0) is 37.3 Å². The molecule has 0 saturated carbocycles. The number of hydrogen-bond donors (Lipinski definition) is 3. The topological polar surface area (TPSA) is 69.7 Å². The van der Waals surface area contributed by atoms with Gasteiger partial charge in [-0.15, -0.1) is 0 Å². The number of rotatable bonds is 4. The van der Waals surface area contributed by atoms with Crippen LogP contribution in [-0.4, -0.2) is 68.1 Å². The van der Waals surface area contributed by atoms with Crippen LogP contribution < -0.4 is 5.73 Å². The molecule has 0 aliphatic heterocycles. The van der Waals surface area contributed by atoms with E-state index in [0.29, 0.717) is 0 Å². The van der Waals surface area contributed by atoms with E-state index in [9.17, 15) is 0 Å². The van der Waals surface area contributed by atoms with E-state index in [4.69, 9.17) is 10.2 Å². The maximum atomic E-state index is 8.93. The minimum absolute atomic E-state index is 0. The molecule has 0 fully saturated rings. The number of nitrogens with zero attached hydrogens (tertiary/aromatic N) is 1. The van der Waals surface area contributed by atoms with Crippen LogP contribution >= 0.6 is 24.4 Å². The van der Waals surface area contributed by atoms with Crippen molar-refractivity contribution in [2.75, 3.05) is 13.1 Å².